The van der Waals surface area contributed by atoms with E-state index in [0.29, 0.717) is 19.5 Å². The predicted octanol–water partition coefficient (Wildman–Crippen LogP) is 2.64. The summed E-state index contributed by atoms with van der Waals surface area (Å²) in [6.07, 6.45) is 9.08. The standard InChI is InChI=1S/C16H20N2O2.H2/c1-3-12-6-13-8-17-10-16(15(20)18(13)9-12)5-4-14(19)11(2)7-16;/h3-4,7-8,13,19H,5-6,9-10H2,1-2H3;1H/b12-3+;. The third kappa shape index (κ3) is 1.90. The summed E-state index contributed by atoms with van der Waals surface area (Å²) in [6.45, 7) is 5.04. The van der Waals surface area contributed by atoms with Crippen molar-refractivity contribution in [1.29, 1.82) is 0 Å². The number of carbonyl (C=O) groups is 1. The first-order chi connectivity index (χ1) is 9.55. The number of fused-ring (bicyclic) bond motifs is 1. The van der Waals surface area contributed by atoms with Gasteiger partial charge in [-0.2, -0.15) is 0 Å². The van der Waals surface area contributed by atoms with Gasteiger partial charge in [-0.15, -0.1) is 0 Å². The highest BCUT2D eigenvalue weighted by molar-refractivity contribution is 5.91. The van der Waals surface area contributed by atoms with Crippen LogP contribution in [0.5, 0.6) is 0 Å². The molecule has 0 saturated carbocycles. The molecular weight excluding hydrogens is 252 g/mol. The second-order valence-corrected chi connectivity index (χ2v) is 5.92. The lowest BCUT2D eigenvalue weighted by molar-refractivity contribution is -0.138. The fourth-order valence-electron chi connectivity index (χ4n) is 3.28. The minimum Gasteiger partial charge on any atom is -0.508 e. The molecule has 1 amide bonds. The van der Waals surface area contributed by atoms with Crippen LogP contribution >= 0.6 is 0 Å². The van der Waals surface area contributed by atoms with Gasteiger partial charge in [-0.3, -0.25) is 9.79 Å². The van der Waals surface area contributed by atoms with Crippen LogP contribution in [0.2, 0.25) is 0 Å². The maximum atomic E-state index is 13.0. The maximum Gasteiger partial charge on any atom is 0.235 e. The zero-order chi connectivity index (χ0) is 14.3. The quantitative estimate of drug-likeness (QED) is 0.690. The summed E-state index contributed by atoms with van der Waals surface area (Å²) in [6, 6.07) is 0.0984. The molecule has 2 atom stereocenters. The molecule has 1 saturated heterocycles. The molecule has 4 nitrogen and oxygen atoms in total. The highest BCUT2D eigenvalue weighted by Gasteiger charge is 2.45. The number of rotatable bonds is 0. The van der Waals surface area contributed by atoms with Crippen molar-refractivity contribution < 1.29 is 11.3 Å². The van der Waals surface area contributed by atoms with Gasteiger partial charge in [0.2, 0.25) is 5.91 Å². The Morgan fingerprint density at radius 1 is 1.60 bits per heavy atom. The van der Waals surface area contributed by atoms with E-state index >= 15 is 0 Å². The van der Waals surface area contributed by atoms with Crippen LogP contribution in [0.15, 0.2) is 40.1 Å². The van der Waals surface area contributed by atoms with E-state index in [2.05, 4.69) is 11.1 Å². The van der Waals surface area contributed by atoms with Crippen molar-refractivity contribution in [3.8, 4) is 0 Å². The van der Waals surface area contributed by atoms with E-state index in [4.69, 9.17) is 0 Å². The summed E-state index contributed by atoms with van der Waals surface area (Å²) in [5, 5.41) is 9.74. The molecule has 1 N–H and O–H groups in total. The molecule has 0 aromatic rings. The number of aliphatic hydroxyl groups excluding tert-OH is 1. The van der Waals surface area contributed by atoms with Crippen LogP contribution in [-0.4, -0.2) is 41.3 Å². The Balaban J connectivity index is 0.00000161. The average Bonchev–Trinajstić information content (AvgIpc) is 2.80. The van der Waals surface area contributed by atoms with Crippen molar-refractivity contribution in [1.82, 2.24) is 4.90 Å². The number of nitrogens with zero attached hydrogens (tertiary/aromatic N) is 2. The van der Waals surface area contributed by atoms with Crippen LogP contribution in [0.3, 0.4) is 0 Å². The Kier molecular flexibility index (Phi) is 3.04. The molecule has 2 heterocycles. The van der Waals surface area contributed by atoms with Crippen LogP contribution in [0, 0.1) is 5.41 Å². The Morgan fingerprint density at radius 2 is 2.40 bits per heavy atom. The molecule has 1 aliphatic carbocycles. The van der Waals surface area contributed by atoms with Gasteiger partial charge in [0.25, 0.3) is 0 Å². The van der Waals surface area contributed by atoms with Gasteiger partial charge in [-0.05, 0) is 38.3 Å². The molecule has 1 fully saturated rings. The molecule has 3 aliphatic rings. The molecule has 3 rings (SSSR count). The fraction of sp³-hybridized carbons (Fsp3) is 0.500. The van der Waals surface area contributed by atoms with E-state index < -0.39 is 5.41 Å². The maximum absolute atomic E-state index is 13.0. The van der Waals surface area contributed by atoms with Crippen LogP contribution in [-0.2, 0) is 4.79 Å². The van der Waals surface area contributed by atoms with Crippen LogP contribution < -0.4 is 0 Å². The van der Waals surface area contributed by atoms with Crippen molar-refractivity contribution in [2.45, 2.75) is 32.7 Å². The molecule has 2 aliphatic heterocycles. The second-order valence-electron chi connectivity index (χ2n) is 5.92. The van der Waals surface area contributed by atoms with E-state index in [-0.39, 0.29) is 19.1 Å². The lowest BCUT2D eigenvalue weighted by Gasteiger charge is -2.33. The van der Waals surface area contributed by atoms with Crippen LogP contribution in [0.25, 0.3) is 0 Å². The summed E-state index contributed by atoms with van der Waals surface area (Å²) in [7, 11) is 0. The van der Waals surface area contributed by atoms with Crippen molar-refractivity contribution in [2.24, 2.45) is 10.4 Å². The Labute approximate surface area is 120 Å². The first kappa shape index (κ1) is 13.2. The van der Waals surface area contributed by atoms with Gasteiger partial charge in [0, 0.05) is 14.2 Å². The minimum atomic E-state index is -0.606. The molecular formula is C16H22N2O2. The normalized spacial score (nSPS) is 35.1. The molecule has 2 unspecified atom stereocenters. The van der Waals surface area contributed by atoms with Gasteiger partial charge in [-0.1, -0.05) is 17.7 Å². The third-order valence-electron chi connectivity index (χ3n) is 4.55. The number of carbonyl (C=O) groups excluding carboxylic acids is 1. The molecule has 0 aromatic heterocycles. The minimum absolute atomic E-state index is 0. The number of aliphatic imine (C=N–C) groups is 1. The summed E-state index contributed by atoms with van der Waals surface area (Å²) >= 11 is 0. The Hall–Kier alpha value is -1.84. The van der Waals surface area contributed by atoms with Gasteiger partial charge in [0.1, 0.15) is 5.76 Å². The Morgan fingerprint density at radius 3 is 3.10 bits per heavy atom. The zero-order valence-corrected chi connectivity index (χ0v) is 12.0. The SMILES string of the molecule is C/C=C1\CC2C=NCC3(C=C(C)C(O)=CC3)C(=O)N2C1.[HH]. The molecule has 108 valence electrons. The molecule has 0 aromatic carbocycles. The van der Waals surface area contributed by atoms with Crippen molar-refractivity contribution in [3.63, 3.8) is 0 Å². The second kappa shape index (κ2) is 4.62. The van der Waals surface area contributed by atoms with E-state index in [9.17, 15) is 9.90 Å². The Bertz CT molecular complexity index is 577. The van der Waals surface area contributed by atoms with E-state index in [1.54, 1.807) is 6.08 Å². The van der Waals surface area contributed by atoms with Gasteiger partial charge >= 0.3 is 0 Å². The zero-order valence-electron chi connectivity index (χ0n) is 12.0. The molecule has 1 spiro atoms. The molecule has 4 heteroatoms. The monoisotopic (exact) mass is 274 g/mol. The molecule has 0 radical (unpaired) electrons. The number of allylic oxidation sites excluding steroid dienone is 3. The topological polar surface area (TPSA) is 52.9 Å². The van der Waals surface area contributed by atoms with Crippen molar-refractivity contribution in [3.05, 3.63) is 35.1 Å². The summed E-state index contributed by atoms with van der Waals surface area (Å²) in [4.78, 5) is 19.4. The number of aliphatic hydroxyl groups is 1. The van der Waals surface area contributed by atoms with Gasteiger partial charge in [-0.25, -0.2) is 0 Å². The van der Waals surface area contributed by atoms with Crippen LogP contribution in [0.1, 0.15) is 28.1 Å². The summed E-state index contributed by atoms with van der Waals surface area (Å²) < 4.78 is 0. The van der Waals surface area contributed by atoms with Gasteiger partial charge < -0.3 is 10.0 Å². The average molecular weight is 274 g/mol. The largest absolute Gasteiger partial charge is 0.508 e. The lowest BCUT2D eigenvalue weighted by Crippen LogP contribution is -2.46. The summed E-state index contributed by atoms with van der Waals surface area (Å²) in [5.74, 6) is 0.420. The van der Waals surface area contributed by atoms with Crippen molar-refractivity contribution >= 4 is 12.1 Å². The van der Waals surface area contributed by atoms with E-state index in [1.807, 2.05) is 31.0 Å². The van der Waals surface area contributed by atoms with Crippen molar-refractivity contribution in [2.75, 3.05) is 13.1 Å². The van der Waals surface area contributed by atoms with Crippen LogP contribution in [0.4, 0.5) is 0 Å². The smallest absolute Gasteiger partial charge is 0.235 e. The first-order valence-electron chi connectivity index (χ1n) is 7.10. The molecule has 20 heavy (non-hydrogen) atoms. The summed E-state index contributed by atoms with van der Waals surface area (Å²) in [5.41, 5.74) is 1.45. The fourth-order valence-corrected chi connectivity index (χ4v) is 3.28. The lowest BCUT2D eigenvalue weighted by atomic mass is 9.78. The highest BCUT2D eigenvalue weighted by Crippen LogP contribution is 2.38. The first-order valence-corrected chi connectivity index (χ1v) is 7.10. The third-order valence-corrected chi connectivity index (χ3v) is 4.55. The highest BCUT2D eigenvalue weighted by atomic mass is 16.3. The van der Waals surface area contributed by atoms with Gasteiger partial charge in [0.05, 0.1) is 18.0 Å². The number of hydrogen-bond donors (Lipinski definition) is 1. The predicted molar refractivity (Wildman–Crippen MR) is 80.9 cm³/mol. The molecule has 0 bridgehead atoms. The number of amides is 1. The van der Waals surface area contributed by atoms with E-state index in [1.165, 1.54) is 5.57 Å². The van der Waals surface area contributed by atoms with Gasteiger partial charge in [0.15, 0.2) is 0 Å². The van der Waals surface area contributed by atoms with E-state index in [0.717, 1.165) is 12.0 Å². The number of hydrogen-bond acceptors (Lipinski definition) is 3.